The van der Waals surface area contributed by atoms with Crippen LogP contribution in [0.4, 0.5) is 0 Å². The molecule has 2 heterocycles. The van der Waals surface area contributed by atoms with Gasteiger partial charge in [-0.15, -0.1) is 0 Å². The second-order valence-electron chi connectivity index (χ2n) is 4.37. The van der Waals surface area contributed by atoms with E-state index in [9.17, 15) is 5.11 Å². The third-order valence-electron chi connectivity index (χ3n) is 2.63. The Hall–Kier alpha value is -1.07. The number of fused-ring (bicyclic) bond motifs is 1. The number of hydrogen-bond acceptors (Lipinski definition) is 4. The number of H-pyrrole nitrogens is 1. The summed E-state index contributed by atoms with van der Waals surface area (Å²) in [6.07, 6.45) is 0.787. The molecule has 1 aromatic heterocycles. The minimum Gasteiger partial charge on any atom is -0.484 e. The molecule has 0 bridgehead atoms. The van der Waals surface area contributed by atoms with Crippen molar-refractivity contribution in [3.05, 3.63) is 11.4 Å². The van der Waals surface area contributed by atoms with Crippen LogP contribution in [0.2, 0.25) is 0 Å². The molecule has 84 valence electrons. The van der Waals surface area contributed by atoms with Crippen LogP contribution in [0.1, 0.15) is 37.9 Å². The first kappa shape index (κ1) is 10.4. The van der Waals surface area contributed by atoms with E-state index in [0.29, 0.717) is 11.4 Å². The highest BCUT2D eigenvalue weighted by molar-refractivity contribution is 5.36. The summed E-state index contributed by atoms with van der Waals surface area (Å²) in [5, 5.41) is 16.4. The third-order valence-corrected chi connectivity index (χ3v) is 2.63. The van der Waals surface area contributed by atoms with Crippen LogP contribution in [0.3, 0.4) is 0 Å². The lowest BCUT2D eigenvalue weighted by atomic mass is 9.97. The maximum atomic E-state index is 9.56. The van der Waals surface area contributed by atoms with Gasteiger partial charge in [0.2, 0.25) is 6.29 Å². The Morgan fingerprint density at radius 2 is 2.33 bits per heavy atom. The van der Waals surface area contributed by atoms with E-state index in [1.165, 1.54) is 7.11 Å². The number of aliphatic hydroxyl groups excluding tert-OH is 1. The monoisotopic (exact) mass is 212 g/mol. The summed E-state index contributed by atoms with van der Waals surface area (Å²) in [6.45, 7) is 4.04. The molecule has 5 heteroatoms. The predicted octanol–water partition coefficient (Wildman–Crippen LogP) is 1.15. The molecule has 2 N–H and O–H groups in total. The molecule has 1 aromatic rings. The summed E-state index contributed by atoms with van der Waals surface area (Å²) in [7, 11) is 1.43. The van der Waals surface area contributed by atoms with E-state index in [1.807, 2.05) is 13.8 Å². The molecule has 0 aliphatic carbocycles. The summed E-state index contributed by atoms with van der Waals surface area (Å²) < 4.78 is 10.6. The van der Waals surface area contributed by atoms with Crippen LogP contribution in [-0.2, 0) is 11.2 Å². The first-order valence-electron chi connectivity index (χ1n) is 5.00. The van der Waals surface area contributed by atoms with E-state index in [0.717, 1.165) is 18.5 Å². The number of ether oxygens (including phenoxy) is 2. The van der Waals surface area contributed by atoms with Gasteiger partial charge < -0.3 is 14.6 Å². The van der Waals surface area contributed by atoms with E-state index < -0.39 is 6.29 Å². The first-order chi connectivity index (χ1) is 7.03. The fraction of sp³-hybridized carbons (Fsp3) is 0.700. The molecule has 15 heavy (non-hydrogen) atoms. The molecule has 1 unspecified atom stereocenters. The van der Waals surface area contributed by atoms with Crippen molar-refractivity contribution in [1.82, 2.24) is 10.2 Å². The second kappa shape index (κ2) is 3.50. The quantitative estimate of drug-likeness (QED) is 0.722. The van der Waals surface area contributed by atoms with Gasteiger partial charge in [0.15, 0.2) is 11.4 Å². The minimum atomic E-state index is -1.03. The Kier molecular flexibility index (Phi) is 2.44. The van der Waals surface area contributed by atoms with Crippen molar-refractivity contribution >= 4 is 0 Å². The zero-order valence-corrected chi connectivity index (χ0v) is 9.20. The summed E-state index contributed by atoms with van der Waals surface area (Å²) in [6, 6.07) is 0. The zero-order chi connectivity index (χ0) is 11.1. The van der Waals surface area contributed by atoms with E-state index in [4.69, 9.17) is 9.47 Å². The van der Waals surface area contributed by atoms with E-state index in [2.05, 4.69) is 10.2 Å². The number of aromatic amines is 1. The largest absolute Gasteiger partial charge is 0.484 e. The van der Waals surface area contributed by atoms with Gasteiger partial charge in [0.25, 0.3) is 0 Å². The molecule has 1 atom stereocenters. The Labute approximate surface area is 88.4 Å². The maximum absolute atomic E-state index is 9.56. The Bertz CT molecular complexity index is 360. The van der Waals surface area contributed by atoms with E-state index in [1.54, 1.807) is 0 Å². The fourth-order valence-electron chi connectivity index (χ4n) is 1.70. The number of hydrogen-bond donors (Lipinski definition) is 2. The molecule has 0 amide bonds. The Morgan fingerprint density at radius 3 is 3.00 bits per heavy atom. The number of nitrogens with one attached hydrogen (secondary N) is 1. The highest BCUT2D eigenvalue weighted by Gasteiger charge is 2.32. The van der Waals surface area contributed by atoms with Gasteiger partial charge in [-0.1, -0.05) is 0 Å². The Balaban J connectivity index is 2.33. The fourth-order valence-corrected chi connectivity index (χ4v) is 1.70. The standard InChI is InChI=1S/C10H16N2O3/c1-10(2)5-4-6-8(15-10)7(12-11-6)9(13)14-3/h9,13H,4-5H2,1-3H3,(H,11,12). The Morgan fingerprint density at radius 1 is 1.60 bits per heavy atom. The predicted molar refractivity (Wildman–Crippen MR) is 53.6 cm³/mol. The van der Waals surface area contributed by atoms with Gasteiger partial charge in [-0.25, -0.2) is 0 Å². The molecule has 0 aromatic carbocycles. The number of aliphatic hydroxyl groups is 1. The minimum absolute atomic E-state index is 0.209. The van der Waals surface area contributed by atoms with Gasteiger partial charge >= 0.3 is 0 Å². The zero-order valence-electron chi connectivity index (χ0n) is 9.20. The van der Waals surface area contributed by atoms with Crippen molar-refractivity contribution in [3.63, 3.8) is 0 Å². The van der Waals surface area contributed by atoms with Crippen molar-refractivity contribution in [2.24, 2.45) is 0 Å². The molecule has 0 fully saturated rings. The molecule has 0 spiro atoms. The number of aromatic nitrogens is 2. The average molecular weight is 212 g/mol. The number of aryl methyl sites for hydroxylation is 1. The van der Waals surface area contributed by atoms with Gasteiger partial charge in [0, 0.05) is 7.11 Å². The van der Waals surface area contributed by atoms with Gasteiger partial charge in [-0.2, -0.15) is 5.10 Å². The van der Waals surface area contributed by atoms with Crippen LogP contribution >= 0.6 is 0 Å². The lowest BCUT2D eigenvalue weighted by molar-refractivity contribution is -0.0827. The summed E-state index contributed by atoms with van der Waals surface area (Å²) in [4.78, 5) is 0. The summed E-state index contributed by atoms with van der Waals surface area (Å²) in [5.41, 5.74) is 1.15. The van der Waals surface area contributed by atoms with E-state index in [-0.39, 0.29) is 5.60 Å². The van der Waals surface area contributed by atoms with Crippen LogP contribution in [0.5, 0.6) is 5.75 Å². The molecular formula is C10H16N2O3. The van der Waals surface area contributed by atoms with Crippen LogP contribution in [0.15, 0.2) is 0 Å². The number of methoxy groups -OCH3 is 1. The molecule has 5 nitrogen and oxygen atoms in total. The highest BCUT2D eigenvalue weighted by atomic mass is 16.6. The molecule has 0 saturated heterocycles. The first-order valence-corrected chi connectivity index (χ1v) is 5.00. The van der Waals surface area contributed by atoms with Crippen molar-refractivity contribution in [3.8, 4) is 5.75 Å². The molecule has 2 rings (SSSR count). The van der Waals surface area contributed by atoms with Gasteiger partial charge in [0.1, 0.15) is 5.60 Å². The topological polar surface area (TPSA) is 67.4 Å². The molecule has 1 aliphatic heterocycles. The lowest BCUT2D eigenvalue weighted by Gasteiger charge is -2.31. The van der Waals surface area contributed by atoms with Crippen LogP contribution < -0.4 is 4.74 Å². The highest BCUT2D eigenvalue weighted by Crippen LogP contribution is 2.36. The van der Waals surface area contributed by atoms with Crippen LogP contribution in [0, 0.1) is 0 Å². The summed E-state index contributed by atoms with van der Waals surface area (Å²) in [5.74, 6) is 0.639. The molecule has 0 radical (unpaired) electrons. The molecular weight excluding hydrogens is 196 g/mol. The normalized spacial score (nSPS) is 20.5. The van der Waals surface area contributed by atoms with Gasteiger partial charge in [0.05, 0.1) is 5.69 Å². The lowest BCUT2D eigenvalue weighted by Crippen LogP contribution is -2.32. The SMILES string of the molecule is COC(O)c1n[nH]c2c1OC(C)(C)CC2. The van der Waals surface area contributed by atoms with Gasteiger partial charge in [-0.05, 0) is 26.7 Å². The molecule has 0 saturated carbocycles. The van der Waals surface area contributed by atoms with Crippen molar-refractivity contribution in [2.45, 2.75) is 38.6 Å². The second-order valence-corrected chi connectivity index (χ2v) is 4.37. The number of rotatable bonds is 2. The van der Waals surface area contributed by atoms with E-state index >= 15 is 0 Å². The number of nitrogens with zero attached hydrogens (tertiary/aromatic N) is 1. The van der Waals surface area contributed by atoms with Crippen molar-refractivity contribution < 1.29 is 14.6 Å². The maximum Gasteiger partial charge on any atom is 0.203 e. The van der Waals surface area contributed by atoms with Crippen LogP contribution in [-0.4, -0.2) is 28.0 Å². The van der Waals surface area contributed by atoms with Crippen molar-refractivity contribution in [1.29, 1.82) is 0 Å². The van der Waals surface area contributed by atoms with Crippen molar-refractivity contribution in [2.75, 3.05) is 7.11 Å². The average Bonchev–Trinajstić information content (AvgIpc) is 2.58. The van der Waals surface area contributed by atoms with Crippen LogP contribution in [0.25, 0.3) is 0 Å². The summed E-state index contributed by atoms with van der Waals surface area (Å²) >= 11 is 0. The molecule has 1 aliphatic rings. The smallest absolute Gasteiger partial charge is 0.203 e. The third kappa shape index (κ3) is 1.85. The van der Waals surface area contributed by atoms with Gasteiger partial charge in [-0.3, -0.25) is 5.10 Å².